The van der Waals surface area contributed by atoms with E-state index in [4.69, 9.17) is 5.26 Å². The van der Waals surface area contributed by atoms with Crippen LogP contribution in [0.3, 0.4) is 0 Å². The average Bonchev–Trinajstić information content (AvgIpc) is 2.50. The Hall–Kier alpha value is -1.40. The number of benzene rings is 1. The third kappa shape index (κ3) is 0.975. The maximum absolute atomic E-state index is 8.57. The van der Waals surface area contributed by atoms with Crippen LogP contribution in [0.4, 0.5) is 0 Å². The molecule has 0 radical (unpaired) electrons. The lowest BCUT2D eigenvalue weighted by atomic mass is 10.2. The molecule has 3 heteroatoms. The quantitative estimate of drug-likeness (QED) is 0.592. The van der Waals surface area contributed by atoms with Crippen LogP contribution < -0.4 is 0 Å². The van der Waals surface area contributed by atoms with Crippen molar-refractivity contribution in [2.75, 3.05) is 0 Å². The molecule has 0 saturated heterocycles. The van der Waals surface area contributed by atoms with E-state index in [9.17, 15) is 0 Å². The fourth-order valence-electron chi connectivity index (χ4n) is 0.930. The van der Waals surface area contributed by atoms with E-state index in [1.165, 1.54) is 11.5 Å². The lowest BCUT2D eigenvalue weighted by Crippen LogP contribution is -1.69. The zero-order valence-electron chi connectivity index (χ0n) is 5.61. The number of hydrogen-bond acceptors (Lipinski definition) is 3. The zero-order valence-corrected chi connectivity index (χ0v) is 6.43. The van der Waals surface area contributed by atoms with Gasteiger partial charge in [0.1, 0.15) is 0 Å². The Morgan fingerprint density at radius 1 is 1.45 bits per heavy atom. The van der Waals surface area contributed by atoms with E-state index in [0.29, 0.717) is 5.56 Å². The highest BCUT2D eigenvalue weighted by Gasteiger charge is 1.96. The number of aromatic nitrogens is 1. The molecule has 0 amide bonds. The minimum atomic E-state index is 0.696. The van der Waals surface area contributed by atoms with E-state index in [1.807, 2.05) is 12.1 Å². The summed E-state index contributed by atoms with van der Waals surface area (Å²) in [6, 6.07) is 7.66. The molecule has 0 aliphatic heterocycles. The van der Waals surface area contributed by atoms with Gasteiger partial charge in [0.15, 0.2) is 0 Å². The average molecular weight is 160 g/mol. The molecule has 0 N–H and O–H groups in total. The second-order valence-electron chi connectivity index (χ2n) is 2.19. The van der Waals surface area contributed by atoms with Crippen molar-refractivity contribution in [3.63, 3.8) is 0 Å². The van der Waals surface area contributed by atoms with Crippen molar-refractivity contribution in [1.29, 1.82) is 5.26 Å². The molecule has 0 bridgehead atoms. The molecule has 2 rings (SSSR count). The van der Waals surface area contributed by atoms with Gasteiger partial charge in [-0.3, -0.25) is 0 Å². The zero-order chi connectivity index (χ0) is 7.68. The monoisotopic (exact) mass is 160 g/mol. The lowest BCUT2D eigenvalue weighted by molar-refractivity contribution is 1.50. The van der Waals surface area contributed by atoms with Crippen LogP contribution in [-0.4, -0.2) is 4.37 Å². The standard InChI is InChI=1S/C8H4N2S/c9-4-6-1-2-7-5-10-11-8(7)3-6/h1-3,5H. The van der Waals surface area contributed by atoms with Crippen molar-refractivity contribution in [2.24, 2.45) is 0 Å². The summed E-state index contributed by atoms with van der Waals surface area (Å²) >= 11 is 1.42. The lowest BCUT2D eigenvalue weighted by Gasteiger charge is -1.86. The molecule has 0 atom stereocenters. The Labute approximate surface area is 67.9 Å². The molecular formula is C8H4N2S. The summed E-state index contributed by atoms with van der Waals surface area (Å²) in [5, 5.41) is 9.67. The molecule has 1 aromatic heterocycles. The largest absolute Gasteiger partial charge is 0.200 e. The predicted molar refractivity (Wildman–Crippen MR) is 44.3 cm³/mol. The fourth-order valence-corrected chi connectivity index (χ4v) is 1.62. The molecule has 2 aromatic rings. The van der Waals surface area contributed by atoms with Gasteiger partial charge in [-0.15, -0.1) is 0 Å². The van der Waals surface area contributed by atoms with Gasteiger partial charge in [-0.1, -0.05) is 6.07 Å². The smallest absolute Gasteiger partial charge is 0.0992 e. The minimum Gasteiger partial charge on any atom is -0.200 e. The first kappa shape index (κ1) is 6.32. The van der Waals surface area contributed by atoms with E-state index in [-0.39, 0.29) is 0 Å². The summed E-state index contributed by atoms with van der Waals surface area (Å²) in [4.78, 5) is 0. The third-order valence-electron chi connectivity index (χ3n) is 1.49. The predicted octanol–water partition coefficient (Wildman–Crippen LogP) is 2.17. The highest BCUT2D eigenvalue weighted by molar-refractivity contribution is 7.13. The number of fused-ring (bicyclic) bond motifs is 1. The first-order valence-electron chi connectivity index (χ1n) is 3.15. The van der Waals surface area contributed by atoms with Crippen molar-refractivity contribution in [3.05, 3.63) is 30.0 Å². The Morgan fingerprint density at radius 2 is 2.36 bits per heavy atom. The van der Waals surface area contributed by atoms with Gasteiger partial charge in [-0.05, 0) is 23.7 Å². The van der Waals surface area contributed by atoms with Crippen LogP contribution >= 0.6 is 11.5 Å². The van der Waals surface area contributed by atoms with Crippen molar-refractivity contribution in [1.82, 2.24) is 4.37 Å². The fraction of sp³-hybridized carbons (Fsp3) is 0. The van der Waals surface area contributed by atoms with Gasteiger partial charge in [0, 0.05) is 11.6 Å². The molecular weight excluding hydrogens is 156 g/mol. The normalized spacial score (nSPS) is 9.73. The van der Waals surface area contributed by atoms with Gasteiger partial charge < -0.3 is 0 Å². The van der Waals surface area contributed by atoms with Crippen molar-refractivity contribution in [2.45, 2.75) is 0 Å². The maximum Gasteiger partial charge on any atom is 0.0992 e. The van der Waals surface area contributed by atoms with Gasteiger partial charge in [-0.25, -0.2) is 0 Å². The van der Waals surface area contributed by atoms with E-state index in [1.54, 1.807) is 12.3 Å². The van der Waals surface area contributed by atoms with E-state index in [0.717, 1.165) is 10.1 Å². The number of nitriles is 1. The highest BCUT2D eigenvalue weighted by Crippen LogP contribution is 2.18. The van der Waals surface area contributed by atoms with Crippen LogP contribution in [0, 0.1) is 11.3 Å². The second kappa shape index (κ2) is 2.33. The minimum absolute atomic E-state index is 0.696. The highest BCUT2D eigenvalue weighted by atomic mass is 32.1. The first-order valence-corrected chi connectivity index (χ1v) is 3.92. The third-order valence-corrected chi connectivity index (χ3v) is 2.25. The van der Waals surface area contributed by atoms with E-state index >= 15 is 0 Å². The number of nitrogens with zero attached hydrogens (tertiary/aromatic N) is 2. The van der Waals surface area contributed by atoms with E-state index in [2.05, 4.69) is 10.4 Å². The van der Waals surface area contributed by atoms with Gasteiger partial charge in [0.05, 0.1) is 16.3 Å². The summed E-state index contributed by atoms with van der Waals surface area (Å²) in [7, 11) is 0. The van der Waals surface area contributed by atoms with Gasteiger partial charge >= 0.3 is 0 Å². The summed E-state index contributed by atoms with van der Waals surface area (Å²) in [6.07, 6.45) is 1.81. The van der Waals surface area contributed by atoms with Crippen molar-refractivity contribution >= 4 is 21.6 Å². The number of hydrogen-bond donors (Lipinski definition) is 0. The molecule has 1 heterocycles. The van der Waals surface area contributed by atoms with Gasteiger partial charge in [0.25, 0.3) is 0 Å². The Balaban J connectivity index is 2.79. The van der Waals surface area contributed by atoms with Crippen LogP contribution in [-0.2, 0) is 0 Å². The van der Waals surface area contributed by atoms with Crippen LogP contribution in [0.1, 0.15) is 5.56 Å². The van der Waals surface area contributed by atoms with Crippen molar-refractivity contribution in [3.8, 4) is 6.07 Å². The Kier molecular flexibility index (Phi) is 1.34. The topological polar surface area (TPSA) is 36.7 Å². The number of rotatable bonds is 0. The summed E-state index contributed by atoms with van der Waals surface area (Å²) in [6.45, 7) is 0. The van der Waals surface area contributed by atoms with Gasteiger partial charge in [-0.2, -0.15) is 9.64 Å². The summed E-state index contributed by atoms with van der Waals surface area (Å²) in [5.41, 5.74) is 0.696. The van der Waals surface area contributed by atoms with E-state index < -0.39 is 0 Å². The Morgan fingerprint density at radius 3 is 3.18 bits per heavy atom. The van der Waals surface area contributed by atoms with Crippen LogP contribution in [0.5, 0.6) is 0 Å². The molecule has 1 aromatic carbocycles. The summed E-state index contributed by atoms with van der Waals surface area (Å²) < 4.78 is 5.08. The molecule has 0 aliphatic rings. The first-order chi connectivity index (χ1) is 5.40. The molecule has 0 saturated carbocycles. The van der Waals surface area contributed by atoms with Crippen LogP contribution in [0.2, 0.25) is 0 Å². The van der Waals surface area contributed by atoms with Crippen LogP contribution in [0.25, 0.3) is 10.1 Å². The second-order valence-corrected chi connectivity index (χ2v) is 3.02. The molecule has 11 heavy (non-hydrogen) atoms. The van der Waals surface area contributed by atoms with Crippen LogP contribution in [0.15, 0.2) is 24.4 Å². The molecule has 52 valence electrons. The Bertz CT molecular complexity index is 425. The molecule has 0 spiro atoms. The SMILES string of the molecule is N#Cc1ccc2cnsc2c1. The molecule has 2 nitrogen and oxygen atoms in total. The van der Waals surface area contributed by atoms with Crippen molar-refractivity contribution < 1.29 is 0 Å². The molecule has 0 aliphatic carbocycles. The van der Waals surface area contributed by atoms with Gasteiger partial charge in [0.2, 0.25) is 0 Å². The molecule has 0 unspecified atom stereocenters. The maximum atomic E-state index is 8.57. The summed E-state index contributed by atoms with van der Waals surface area (Å²) in [5.74, 6) is 0. The molecule has 0 fully saturated rings.